The highest BCUT2D eigenvalue weighted by atomic mass is 32.3. The van der Waals surface area contributed by atoms with Gasteiger partial charge in [0.05, 0.1) is 14.2 Å². The quantitative estimate of drug-likeness (QED) is 0.188. The first-order chi connectivity index (χ1) is 5.33. The summed E-state index contributed by atoms with van der Waals surface area (Å²) in [6, 6.07) is 0. The molecule has 0 saturated heterocycles. The van der Waals surface area contributed by atoms with E-state index in [-0.39, 0.29) is 0 Å². The molecule has 7 heteroatoms. The van der Waals surface area contributed by atoms with Gasteiger partial charge in [-0.1, -0.05) is 0 Å². The van der Waals surface area contributed by atoms with Gasteiger partial charge in [0, 0.05) is 0 Å². The lowest BCUT2D eigenvalue weighted by atomic mass is 11.1. The Kier molecular flexibility index (Phi) is 8.12. The minimum atomic E-state index is -4.41. The standard InChI is InChI=1S/C4H10NO.CH4O4S/c1-5(2)4-6-3;1-5-6(2,3)4/h4H,1-3H3;1H3,(H,2,3,4)/q+1;/p-1. The van der Waals surface area contributed by atoms with E-state index in [4.69, 9.17) is 0 Å². The van der Waals surface area contributed by atoms with E-state index in [0.29, 0.717) is 0 Å². The molecule has 6 nitrogen and oxygen atoms in total. The molecule has 0 aliphatic heterocycles. The van der Waals surface area contributed by atoms with Crippen molar-refractivity contribution in [1.29, 1.82) is 0 Å². The molecule has 0 aliphatic carbocycles. The fraction of sp³-hybridized carbons (Fsp3) is 0.800. The van der Waals surface area contributed by atoms with Gasteiger partial charge in [0.25, 0.3) is 0 Å². The van der Waals surface area contributed by atoms with Crippen molar-refractivity contribution in [3.63, 3.8) is 0 Å². The smallest absolute Gasteiger partial charge is 0.322 e. The predicted octanol–water partition coefficient (Wildman–Crippen LogP) is -0.974. The van der Waals surface area contributed by atoms with Crippen molar-refractivity contribution in [2.75, 3.05) is 28.3 Å². The van der Waals surface area contributed by atoms with E-state index < -0.39 is 10.4 Å². The van der Waals surface area contributed by atoms with E-state index >= 15 is 0 Å². The summed E-state index contributed by atoms with van der Waals surface area (Å²) in [4.78, 5) is 0. The van der Waals surface area contributed by atoms with Crippen molar-refractivity contribution in [2.45, 2.75) is 0 Å². The molecule has 0 aromatic heterocycles. The Balaban J connectivity index is 0. The molecule has 0 N–H and O–H groups in total. The van der Waals surface area contributed by atoms with Crippen LogP contribution < -0.4 is 0 Å². The summed E-state index contributed by atoms with van der Waals surface area (Å²) in [5.74, 6) is 0. The topological polar surface area (TPSA) is 78.7 Å². The third-order valence-electron chi connectivity index (χ3n) is 0.520. The number of hydrogen-bond donors (Lipinski definition) is 0. The maximum Gasteiger partial charge on any atom is 0.322 e. The van der Waals surface area contributed by atoms with Gasteiger partial charge in [0.1, 0.15) is 14.1 Å². The lowest BCUT2D eigenvalue weighted by molar-refractivity contribution is -0.467. The molecule has 0 rings (SSSR count). The summed E-state index contributed by atoms with van der Waals surface area (Å²) in [6.45, 7) is 0. The normalized spacial score (nSPS) is 9.42. The molecule has 12 heavy (non-hydrogen) atoms. The fourth-order valence-corrected chi connectivity index (χ4v) is 0.211. The van der Waals surface area contributed by atoms with E-state index in [1.165, 1.54) is 0 Å². The van der Waals surface area contributed by atoms with Crippen molar-refractivity contribution in [2.24, 2.45) is 0 Å². The SMILES string of the molecule is COC=[N+](C)C.COS(=O)(=O)[O-]. The van der Waals surface area contributed by atoms with Crippen molar-refractivity contribution in [3.05, 3.63) is 0 Å². The Labute approximate surface area is 72.4 Å². The molecule has 0 unspecified atom stereocenters. The molecule has 74 valence electrons. The molecule has 0 fully saturated rings. The van der Waals surface area contributed by atoms with Crippen LogP contribution in [-0.4, -0.2) is 52.3 Å². The molecule has 0 bridgehead atoms. The second-order valence-corrected chi connectivity index (χ2v) is 3.03. The number of nitrogens with zero attached hydrogens (tertiary/aromatic N) is 1. The van der Waals surface area contributed by atoms with Crippen molar-refractivity contribution >= 4 is 16.8 Å². The van der Waals surface area contributed by atoms with Gasteiger partial charge in [-0.2, -0.15) is 0 Å². The van der Waals surface area contributed by atoms with Crippen LogP contribution in [0.15, 0.2) is 0 Å². The minimum absolute atomic E-state index is 0.808. The Bertz CT molecular complexity index is 216. The van der Waals surface area contributed by atoms with Gasteiger partial charge in [-0.3, -0.25) is 4.18 Å². The molecule has 0 amide bonds. The second kappa shape index (κ2) is 7.01. The van der Waals surface area contributed by atoms with Crippen molar-refractivity contribution < 1.29 is 26.5 Å². The lowest BCUT2D eigenvalue weighted by Crippen LogP contribution is -1.98. The summed E-state index contributed by atoms with van der Waals surface area (Å²) in [6.07, 6.45) is 1.62. The Hall–Kier alpha value is -0.660. The van der Waals surface area contributed by atoms with Gasteiger partial charge in [-0.15, -0.1) is 0 Å². The maximum absolute atomic E-state index is 9.22. The van der Waals surface area contributed by atoms with Crippen molar-refractivity contribution in [1.82, 2.24) is 0 Å². The minimum Gasteiger partial charge on any atom is -0.726 e. The zero-order valence-electron chi connectivity index (χ0n) is 7.47. The lowest BCUT2D eigenvalue weighted by Gasteiger charge is -1.98. The third kappa shape index (κ3) is 22.8. The maximum atomic E-state index is 9.22. The summed E-state index contributed by atoms with van der Waals surface area (Å²) in [5.41, 5.74) is 0. The Morgan fingerprint density at radius 3 is 1.67 bits per heavy atom. The number of hydrogen-bond acceptors (Lipinski definition) is 5. The van der Waals surface area contributed by atoms with Gasteiger partial charge in [-0.25, -0.2) is 13.0 Å². The van der Waals surface area contributed by atoms with E-state index in [9.17, 15) is 13.0 Å². The molecule has 0 atom stereocenters. The zero-order valence-corrected chi connectivity index (χ0v) is 8.29. The molecule has 0 radical (unpaired) electrons. The van der Waals surface area contributed by atoms with Crippen LogP contribution >= 0.6 is 0 Å². The van der Waals surface area contributed by atoms with Crippen LogP contribution in [0.4, 0.5) is 0 Å². The largest absolute Gasteiger partial charge is 0.726 e. The average Bonchev–Trinajstić information content (AvgIpc) is 1.87. The zero-order chi connectivity index (χ0) is 10.2. The van der Waals surface area contributed by atoms with Crippen LogP contribution in [0.2, 0.25) is 0 Å². The van der Waals surface area contributed by atoms with Crippen LogP contribution in [0.25, 0.3) is 0 Å². The van der Waals surface area contributed by atoms with Gasteiger partial charge < -0.3 is 9.29 Å². The number of ether oxygens (including phenoxy) is 1. The van der Waals surface area contributed by atoms with E-state index in [0.717, 1.165) is 7.11 Å². The van der Waals surface area contributed by atoms with Crippen LogP contribution in [-0.2, 0) is 19.3 Å². The summed E-state index contributed by atoms with van der Waals surface area (Å²) >= 11 is 0. The summed E-state index contributed by atoms with van der Waals surface area (Å²) < 4.78 is 37.5. The first kappa shape index (κ1) is 13.9. The first-order valence-electron chi connectivity index (χ1n) is 2.87. The van der Waals surface area contributed by atoms with Gasteiger partial charge in [0.2, 0.25) is 10.4 Å². The van der Waals surface area contributed by atoms with Gasteiger partial charge in [0.15, 0.2) is 0 Å². The van der Waals surface area contributed by atoms with Gasteiger partial charge in [-0.05, 0) is 0 Å². The fourth-order valence-electron chi connectivity index (χ4n) is 0.211. The second-order valence-electron chi connectivity index (χ2n) is 1.88. The van der Waals surface area contributed by atoms with E-state index in [2.05, 4.69) is 8.92 Å². The van der Waals surface area contributed by atoms with Crippen molar-refractivity contribution in [3.8, 4) is 0 Å². The van der Waals surface area contributed by atoms with Crippen LogP contribution in [0.3, 0.4) is 0 Å². The third-order valence-corrected chi connectivity index (χ3v) is 0.929. The molecule has 0 heterocycles. The first-order valence-corrected chi connectivity index (χ1v) is 4.20. The van der Waals surface area contributed by atoms with Crippen LogP contribution in [0.5, 0.6) is 0 Å². The molecule has 0 saturated carbocycles. The predicted molar refractivity (Wildman–Crippen MR) is 41.9 cm³/mol. The van der Waals surface area contributed by atoms with Gasteiger partial charge >= 0.3 is 6.40 Å². The number of rotatable bonds is 2. The molecule has 0 spiro atoms. The average molecular weight is 199 g/mol. The number of methoxy groups -OCH3 is 1. The van der Waals surface area contributed by atoms with E-state index in [1.807, 2.05) is 18.7 Å². The Morgan fingerprint density at radius 2 is 1.67 bits per heavy atom. The highest BCUT2D eigenvalue weighted by Gasteiger charge is 1.79. The molecule has 0 aromatic carbocycles. The molecular formula is C5H13NO5S. The van der Waals surface area contributed by atoms with Crippen LogP contribution in [0.1, 0.15) is 0 Å². The highest BCUT2D eigenvalue weighted by Crippen LogP contribution is 1.74. The molecule has 0 aliphatic rings. The summed E-state index contributed by atoms with van der Waals surface area (Å²) in [7, 11) is 1.83. The Morgan fingerprint density at radius 1 is 1.33 bits per heavy atom. The summed E-state index contributed by atoms with van der Waals surface area (Å²) in [5, 5.41) is 0. The van der Waals surface area contributed by atoms with E-state index in [1.54, 1.807) is 13.5 Å². The monoisotopic (exact) mass is 199 g/mol. The van der Waals surface area contributed by atoms with Crippen LogP contribution in [0, 0.1) is 0 Å². The highest BCUT2D eigenvalue weighted by molar-refractivity contribution is 7.80. The molecular weight excluding hydrogens is 186 g/mol. The molecule has 0 aromatic rings.